The molecule has 0 unspecified atom stereocenters. The second-order valence-electron chi connectivity index (χ2n) is 7.50. The van der Waals surface area contributed by atoms with Crippen molar-refractivity contribution in [3.8, 4) is 0 Å². The highest BCUT2D eigenvalue weighted by Crippen LogP contribution is 2.22. The van der Waals surface area contributed by atoms with Gasteiger partial charge < -0.3 is 15.0 Å². The highest BCUT2D eigenvalue weighted by molar-refractivity contribution is 5.76. The summed E-state index contributed by atoms with van der Waals surface area (Å²) >= 11 is 0. The van der Waals surface area contributed by atoms with Gasteiger partial charge in [-0.1, -0.05) is 6.92 Å². The zero-order chi connectivity index (χ0) is 17.0. The van der Waals surface area contributed by atoms with Gasteiger partial charge in [0.2, 0.25) is 0 Å². The summed E-state index contributed by atoms with van der Waals surface area (Å²) in [5.41, 5.74) is -0.450. The number of urea groups is 1. The molecule has 23 heavy (non-hydrogen) atoms. The van der Waals surface area contributed by atoms with Crippen LogP contribution in [0.25, 0.3) is 0 Å². The third-order valence-corrected chi connectivity index (χ3v) is 4.56. The molecule has 0 aromatic heterocycles. The Balaban J connectivity index is 1.89. The number of nitrogens with one attached hydrogen (secondary N) is 1. The summed E-state index contributed by atoms with van der Waals surface area (Å²) in [6.07, 6.45) is 3.62. The molecule has 6 nitrogen and oxygen atoms in total. The van der Waals surface area contributed by atoms with Crippen molar-refractivity contribution in [2.45, 2.75) is 71.1 Å². The Labute approximate surface area is 139 Å². The molecule has 2 heterocycles. The largest absolute Gasteiger partial charge is 0.459 e. The Morgan fingerprint density at radius 1 is 1.30 bits per heavy atom. The monoisotopic (exact) mass is 325 g/mol. The number of piperidine rings is 1. The first-order valence-corrected chi connectivity index (χ1v) is 8.83. The maximum atomic E-state index is 12.4. The van der Waals surface area contributed by atoms with Crippen molar-refractivity contribution in [3.05, 3.63) is 0 Å². The molecule has 0 radical (unpaired) electrons. The van der Waals surface area contributed by atoms with E-state index in [4.69, 9.17) is 4.74 Å². The second-order valence-corrected chi connectivity index (χ2v) is 7.50. The molecule has 2 fully saturated rings. The van der Waals surface area contributed by atoms with E-state index >= 15 is 0 Å². The van der Waals surface area contributed by atoms with E-state index in [1.54, 1.807) is 0 Å². The van der Waals surface area contributed by atoms with E-state index in [-0.39, 0.29) is 18.0 Å². The predicted molar refractivity (Wildman–Crippen MR) is 89.2 cm³/mol. The van der Waals surface area contributed by atoms with Crippen molar-refractivity contribution in [1.29, 1.82) is 0 Å². The Morgan fingerprint density at radius 2 is 1.96 bits per heavy atom. The first-order valence-electron chi connectivity index (χ1n) is 8.83. The molecule has 0 saturated carbocycles. The highest BCUT2D eigenvalue weighted by atomic mass is 16.6. The Morgan fingerprint density at radius 3 is 2.48 bits per heavy atom. The molecule has 0 bridgehead atoms. The molecule has 1 atom stereocenters. The maximum Gasteiger partial charge on any atom is 0.323 e. The standard InChI is InChI=1S/C17H31N3O3/c1-5-14(15(21)23-17(2,3)4)19-11-7-13(8-12-19)20-10-6-9-18-16(20)22/h13-14H,5-12H2,1-4H3,(H,18,22)/t14-/m0/s1. The van der Waals surface area contributed by atoms with Crippen molar-refractivity contribution in [3.63, 3.8) is 0 Å². The molecule has 2 aliphatic heterocycles. The average molecular weight is 325 g/mol. The van der Waals surface area contributed by atoms with Crippen molar-refractivity contribution < 1.29 is 14.3 Å². The molecule has 132 valence electrons. The second kappa shape index (κ2) is 7.51. The first kappa shape index (κ1) is 18.0. The molecular formula is C17H31N3O3. The van der Waals surface area contributed by atoms with Crippen molar-refractivity contribution >= 4 is 12.0 Å². The minimum Gasteiger partial charge on any atom is -0.459 e. The van der Waals surface area contributed by atoms with Crippen LogP contribution < -0.4 is 5.32 Å². The zero-order valence-corrected chi connectivity index (χ0v) is 14.9. The van der Waals surface area contributed by atoms with E-state index < -0.39 is 5.60 Å². The quantitative estimate of drug-likeness (QED) is 0.803. The topological polar surface area (TPSA) is 61.9 Å². The van der Waals surface area contributed by atoms with Gasteiger partial charge in [0.25, 0.3) is 0 Å². The van der Waals surface area contributed by atoms with Gasteiger partial charge in [-0.15, -0.1) is 0 Å². The smallest absolute Gasteiger partial charge is 0.323 e. The van der Waals surface area contributed by atoms with Gasteiger partial charge in [0.05, 0.1) is 0 Å². The van der Waals surface area contributed by atoms with Crippen LogP contribution in [0.1, 0.15) is 53.4 Å². The summed E-state index contributed by atoms with van der Waals surface area (Å²) in [7, 11) is 0. The van der Waals surface area contributed by atoms with Gasteiger partial charge in [0.1, 0.15) is 11.6 Å². The lowest BCUT2D eigenvalue weighted by atomic mass is 10.00. The van der Waals surface area contributed by atoms with Crippen molar-refractivity contribution in [1.82, 2.24) is 15.1 Å². The SMILES string of the molecule is CC[C@@H](C(=O)OC(C)(C)C)N1CCC(N2CCCNC2=O)CC1. The zero-order valence-electron chi connectivity index (χ0n) is 14.9. The summed E-state index contributed by atoms with van der Waals surface area (Å²) in [5.74, 6) is -0.130. The van der Waals surface area contributed by atoms with Crippen LogP contribution in [-0.4, -0.2) is 65.7 Å². The lowest BCUT2D eigenvalue weighted by Crippen LogP contribution is -2.56. The molecule has 1 N–H and O–H groups in total. The third-order valence-electron chi connectivity index (χ3n) is 4.56. The van der Waals surface area contributed by atoms with Crippen LogP contribution in [0.2, 0.25) is 0 Å². The molecule has 2 amide bonds. The molecule has 2 aliphatic rings. The fraction of sp³-hybridized carbons (Fsp3) is 0.882. The molecular weight excluding hydrogens is 294 g/mol. The van der Waals surface area contributed by atoms with Gasteiger partial charge in [0, 0.05) is 32.2 Å². The summed E-state index contributed by atoms with van der Waals surface area (Å²) in [6.45, 7) is 11.0. The predicted octanol–water partition coefficient (Wildman–Crippen LogP) is 1.99. The van der Waals surface area contributed by atoms with Crippen molar-refractivity contribution in [2.75, 3.05) is 26.2 Å². The highest BCUT2D eigenvalue weighted by Gasteiger charge is 2.34. The number of amides is 2. The molecule has 2 rings (SSSR count). The fourth-order valence-corrected chi connectivity index (χ4v) is 3.45. The number of carbonyl (C=O) groups is 2. The van der Waals surface area contributed by atoms with Gasteiger partial charge in [-0.3, -0.25) is 9.69 Å². The molecule has 0 aromatic carbocycles. The van der Waals surface area contributed by atoms with Crippen LogP contribution in [0.5, 0.6) is 0 Å². The van der Waals surface area contributed by atoms with Crippen LogP contribution in [0.3, 0.4) is 0 Å². The number of likely N-dealkylation sites (tertiary alicyclic amines) is 1. The number of rotatable bonds is 4. The minimum atomic E-state index is -0.450. The number of esters is 1. The minimum absolute atomic E-state index is 0.0638. The molecule has 0 aliphatic carbocycles. The van der Waals surface area contributed by atoms with E-state index in [9.17, 15) is 9.59 Å². The van der Waals surface area contributed by atoms with E-state index in [0.717, 1.165) is 51.9 Å². The van der Waals surface area contributed by atoms with E-state index in [0.29, 0.717) is 6.04 Å². The van der Waals surface area contributed by atoms with Crippen LogP contribution in [0, 0.1) is 0 Å². The summed E-state index contributed by atoms with van der Waals surface area (Å²) in [6, 6.07) is 0.182. The van der Waals surface area contributed by atoms with Gasteiger partial charge in [-0.05, 0) is 46.5 Å². The number of hydrogen-bond acceptors (Lipinski definition) is 4. The molecule has 0 aromatic rings. The first-order chi connectivity index (χ1) is 10.8. The van der Waals surface area contributed by atoms with Crippen LogP contribution >= 0.6 is 0 Å². The lowest BCUT2D eigenvalue weighted by Gasteiger charge is -2.42. The lowest BCUT2D eigenvalue weighted by molar-refractivity contribution is -0.162. The third kappa shape index (κ3) is 4.83. The van der Waals surface area contributed by atoms with E-state index in [1.807, 2.05) is 32.6 Å². The Hall–Kier alpha value is -1.30. The Kier molecular flexibility index (Phi) is 5.89. The van der Waals surface area contributed by atoms with Crippen molar-refractivity contribution in [2.24, 2.45) is 0 Å². The summed E-state index contributed by atoms with van der Waals surface area (Å²) in [4.78, 5) is 28.5. The molecule has 2 saturated heterocycles. The Bertz CT molecular complexity index is 425. The van der Waals surface area contributed by atoms with Crippen LogP contribution in [0.15, 0.2) is 0 Å². The van der Waals surface area contributed by atoms with Gasteiger partial charge >= 0.3 is 12.0 Å². The van der Waals surface area contributed by atoms with Gasteiger partial charge in [-0.25, -0.2) is 4.79 Å². The summed E-state index contributed by atoms with van der Waals surface area (Å²) < 4.78 is 5.55. The fourth-order valence-electron chi connectivity index (χ4n) is 3.45. The average Bonchev–Trinajstić information content (AvgIpc) is 2.47. The summed E-state index contributed by atoms with van der Waals surface area (Å²) in [5, 5.41) is 2.92. The maximum absolute atomic E-state index is 12.4. The van der Waals surface area contributed by atoms with Crippen LogP contribution in [-0.2, 0) is 9.53 Å². The van der Waals surface area contributed by atoms with E-state index in [2.05, 4.69) is 10.2 Å². The van der Waals surface area contributed by atoms with Gasteiger partial charge in [-0.2, -0.15) is 0 Å². The number of carbonyl (C=O) groups excluding carboxylic acids is 2. The normalized spacial score (nSPS) is 22.6. The molecule has 0 spiro atoms. The number of ether oxygens (including phenoxy) is 1. The number of nitrogens with zero attached hydrogens (tertiary/aromatic N) is 2. The number of hydrogen-bond donors (Lipinski definition) is 1. The molecule has 6 heteroatoms. The van der Waals surface area contributed by atoms with Crippen LogP contribution in [0.4, 0.5) is 4.79 Å². The van der Waals surface area contributed by atoms with E-state index in [1.165, 1.54) is 0 Å². The van der Waals surface area contributed by atoms with Gasteiger partial charge in [0.15, 0.2) is 0 Å².